The predicted molar refractivity (Wildman–Crippen MR) is 109 cm³/mol. The molecule has 5 nitrogen and oxygen atoms in total. The molecule has 0 saturated heterocycles. The summed E-state index contributed by atoms with van der Waals surface area (Å²) >= 11 is 5.98. The van der Waals surface area contributed by atoms with Gasteiger partial charge in [-0.3, -0.25) is 0 Å². The number of hydrogen-bond donors (Lipinski definition) is 1. The van der Waals surface area contributed by atoms with Crippen LogP contribution >= 0.6 is 11.6 Å². The number of oxime groups is 1. The first-order chi connectivity index (χ1) is 13.6. The normalized spacial score (nSPS) is 10.8. The molecule has 0 aromatic heterocycles. The first kappa shape index (κ1) is 19.5. The molecule has 3 aromatic carbocycles. The monoisotopic (exact) mass is 395 g/mol. The number of ether oxygens (including phenoxy) is 1. The van der Waals surface area contributed by atoms with E-state index in [4.69, 9.17) is 21.4 Å². The molecule has 0 saturated carbocycles. The maximum atomic E-state index is 10.3. The summed E-state index contributed by atoms with van der Waals surface area (Å²) in [5, 5.41) is 12.8. The van der Waals surface area contributed by atoms with Gasteiger partial charge in [0.2, 0.25) is 6.61 Å². The fraction of sp³-hybridized carbons (Fsp3) is 0.0909. The number of hydrogen-bond acceptors (Lipinski definition) is 4. The molecule has 0 aliphatic carbocycles. The second-order valence-corrected chi connectivity index (χ2v) is 6.40. The van der Waals surface area contributed by atoms with Crippen molar-refractivity contribution in [3.05, 3.63) is 88.9 Å². The number of halogens is 1. The third kappa shape index (κ3) is 5.86. The quantitative estimate of drug-likeness (QED) is 0.429. The Morgan fingerprint density at radius 2 is 1.68 bits per heavy atom. The van der Waals surface area contributed by atoms with Gasteiger partial charge in [0.05, 0.1) is 6.21 Å². The molecular formula is C22H18ClNO4. The number of aliphatic carboxylic acids is 1. The smallest absolute Gasteiger partial charge is 0.344 e. The van der Waals surface area contributed by atoms with Crippen molar-refractivity contribution in [1.29, 1.82) is 0 Å². The molecule has 0 aliphatic heterocycles. The predicted octanol–water partition coefficient (Wildman–Crippen LogP) is 5.02. The third-order valence-corrected chi connectivity index (χ3v) is 4.09. The zero-order valence-corrected chi connectivity index (χ0v) is 15.7. The van der Waals surface area contributed by atoms with Gasteiger partial charge in [0.15, 0.2) is 0 Å². The number of carbonyl (C=O) groups is 1. The molecule has 0 fully saturated rings. The highest BCUT2D eigenvalue weighted by Gasteiger charge is 2.01. The van der Waals surface area contributed by atoms with E-state index in [0.29, 0.717) is 11.6 Å². The molecule has 0 heterocycles. The lowest BCUT2D eigenvalue weighted by atomic mass is 10.0. The molecule has 3 aromatic rings. The molecule has 0 amide bonds. The lowest BCUT2D eigenvalue weighted by Crippen LogP contribution is -2.03. The van der Waals surface area contributed by atoms with Crippen LogP contribution in [-0.4, -0.2) is 23.9 Å². The highest BCUT2D eigenvalue weighted by Crippen LogP contribution is 2.23. The van der Waals surface area contributed by atoms with E-state index >= 15 is 0 Å². The minimum atomic E-state index is -1.06. The van der Waals surface area contributed by atoms with E-state index in [9.17, 15) is 4.79 Å². The maximum Gasteiger partial charge on any atom is 0.344 e. The van der Waals surface area contributed by atoms with Gasteiger partial charge in [-0.15, -0.1) is 0 Å². The van der Waals surface area contributed by atoms with Gasteiger partial charge in [-0.05, 0) is 46.5 Å². The average Bonchev–Trinajstić information content (AvgIpc) is 2.70. The molecule has 0 radical (unpaired) electrons. The van der Waals surface area contributed by atoms with Crippen molar-refractivity contribution >= 4 is 23.8 Å². The zero-order chi connectivity index (χ0) is 19.8. The van der Waals surface area contributed by atoms with Gasteiger partial charge < -0.3 is 14.7 Å². The van der Waals surface area contributed by atoms with Gasteiger partial charge >= 0.3 is 5.97 Å². The SMILES string of the molecule is O=C(O)CON=Cc1ccc(-c2ccc(OCc3cccc(Cl)c3)cc2)cc1. The van der Waals surface area contributed by atoms with Crippen LogP contribution in [0.5, 0.6) is 5.75 Å². The van der Waals surface area contributed by atoms with E-state index in [2.05, 4.69) is 9.99 Å². The van der Waals surface area contributed by atoms with Crippen LogP contribution < -0.4 is 4.74 Å². The standard InChI is InChI=1S/C22H18ClNO4/c23-20-3-1-2-17(12-20)14-27-21-10-8-19(9-11-21)18-6-4-16(5-7-18)13-24-28-15-22(25)26/h1-13H,14-15H2,(H,25,26). The van der Waals surface area contributed by atoms with E-state index in [-0.39, 0.29) is 0 Å². The van der Waals surface area contributed by atoms with Crippen LogP contribution in [0.2, 0.25) is 5.02 Å². The topological polar surface area (TPSA) is 68.1 Å². The van der Waals surface area contributed by atoms with Gasteiger partial charge in [-0.25, -0.2) is 4.79 Å². The molecule has 0 aliphatic rings. The first-order valence-electron chi connectivity index (χ1n) is 8.55. The number of nitrogens with zero attached hydrogens (tertiary/aromatic N) is 1. The molecule has 6 heteroatoms. The lowest BCUT2D eigenvalue weighted by molar-refractivity contribution is -0.142. The molecule has 142 valence electrons. The first-order valence-corrected chi connectivity index (χ1v) is 8.93. The number of carboxylic acids is 1. The van der Waals surface area contributed by atoms with Crippen LogP contribution in [0.4, 0.5) is 0 Å². The second kappa shape index (κ2) is 9.58. The van der Waals surface area contributed by atoms with Crippen molar-refractivity contribution in [2.75, 3.05) is 6.61 Å². The lowest BCUT2D eigenvalue weighted by Gasteiger charge is -2.08. The van der Waals surface area contributed by atoms with E-state index in [0.717, 1.165) is 28.0 Å². The second-order valence-electron chi connectivity index (χ2n) is 5.97. The van der Waals surface area contributed by atoms with Crippen LogP contribution in [0.1, 0.15) is 11.1 Å². The molecule has 1 N–H and O–H groups in total. The molecule has 28 heavy (non-hydrogen) atoms. The number of benzene rings is 3. The minimum Gasteiger partial charge on any atom is -0.489 e. The fourth-order valence-corrected chi connectivity index (χ4v) is 2.70. The van der Waals surface area contributed by atoms with Gasteiger partial charge in [0, 0.05) is 5.02 Å². The summed E-state index contributed by atoms with van der Waals surface area (Å²) in [6.45, 7) is -0.00178. The molecule has 0 spiro atoms. The minimum absolute atomic E-state index is 0.456. The number of carboxylic acid groups (broad SMARTS) is 1. The van der Waals surface area contributed by atoms with Crippen LogP contribution in [0.3, 0.4) is 0 Å². The Morgan fingerprint density at radius 3 is 2.32 bits per heavy atom. The molecular weight excluding hydrogens is 378 g/mol. The molecule has 0 bridgehead atoms. The van der Waals surface area contributed by atoms with E-state index in [1.54, 1.807) is 0 Å². The van der Waals surface area contributed by atoms with Gasteiger partial charge in [-0.1, -0.05) is 65.3 Å². The summed E-state index contributed by atoms with van der Waals surface area (Å²) in [4.78, 5) is 15.0. The Hall–Kier alpha value is -3.31. The summed E-state index contributed by atoms with van der Waals surface area (Å²) in [5.41, 5.74) is 3.93. The third-order valence-electron chi connectivity index (χ3n) is 3.86. The summed E-state index contributed by atoms with van der Waals surface area (Å²) in [6.07, 6.45) is 1.47. The summed E-state index contributed by atoms with van der Waals surface area (Å²) in [6, 6.07) is 23.1. The van der Waals surface area contributed by atoms with Crippen molar-refractivity contribution in [2.24, 2.45) is 5.16 Å². The Kier molecular flexibility index (Phi) is 6.65. The van der Waals surface area contributed by atoms with Gasteiger partial charge in [-0.2, -0.15) is 0 Å². The molecule has 3 rings (SSSR count). The summed E-state index contributed by atoms with van der Waals surface area (Å²) in [5.74, 6) is -0.282. The highest BCUT2D eigenvalue weighted by molar-refractivity contribution is 6.30. The highest BCUT2D eigenvalue weighted by atomic mass is 35.5. The Bertz CT molecular complexity index is 953. The number of rotatable bonds is 8. The van der Waals surface area contributed by atoms with Crippen LogP contribution in [0.25, 0.3) is 11.1 Å². The van der Waals surface area contributed by atoms with Crippen molar-refractivity contribution in [3.8, 4) is 16.9 Å². The van der Waals surface area contributed by atoms with Gasteiger partial charge in [0.25, 0.3) is 0 Å². The van der Waals surface area contributed by atoms with Crippen LogP contribution in [0.15, 0.2) is 78.0 Å². The van der Waals surface area contributed by atoms with Crippen molar-refractivity contribution in [2.45, 2.75) is 6.61 Å². The van der Waals surface area contributed by atoms with Crippen molar-refractivity contribution in [1.82, 2.24) is 0 Å². The van der Waals surface area contributed by atoms with Crippen LogP contribution in [0, 0.1) is 0 Å². The van der Waals surface area contributed by atoms with Crippen molar-refractivity contribution < 1.29 is 19.5 Å². The Labute approximate surface area is 167 Å². The maximum absolute atomic E-state index is 10.3. The van der Waals surface area contributed by atoms with E-state index < -0.39 is 12.6 Å². The Balaban J connectivity index is 1.57. The van der Waals surface area contributed by atoms with E-state index in [1.165, 1.54) is 6.21 Å². The summed E-state index contributed by atoms with van der Waals surface area (Å²) < 4.78 is 5.80. The molecule has 0 atom stereocenters. The Morgan fingerprint density at radius 1 is 1.00 bits per heavy atom. The van der Waals surface area contributed by atoms with E-state index in [1.807, 2.05) is 72.8 Å². The van der Waals surface area contributed by atoms with Gasteiger partial charge in [0.1, 0.15) is 12.4 Å². The summed E-state index contributed by atoms with van der Waals surface area (Å²) in [7, 11) is 0. The fourth-order valence-electron chi connectivity index (χ4n) is 2.49. The molecule has 0 unspecified atom stereocenters. The zero-order valence-electron chi connectivity index (χ0n) is 14.9. The van der Waals surface area contributed by atoms with Crippen molar-refractivity contribution in [3.63, 3.8) is 0 Å². The van der Waals surface area contributed by atoms with Crippen LogP contribution in [-0.2, 0) is 16.2 Å². The average molecular weight is 396 g/mol. The largest absolute Gasteiger partial charge is 0.489 e.